The minimum atomic E-state index is -3.82. The van der Waals surface area contributed by atoms with Crippen molar-refractivity contribution in [1.29, 1.82) is 0 Å². The van der Waals surface area contributed by atoms with E-state index in [4.69, 9.17) is 9.47 Å². The summed E-state index contributed by atoms with van der Waals surface area (Å²) in [6.07, 6.45) is 0. The Kier molecular flexibility index (Phi) is 6.78. The van der Waals surface area contributed by atoms with E-state index in [1.807, 2.05) is 11.4 Å². The molecule has 0 aliphatic rings. The smallest absolute Gasteiger partial charge is 0.255 e. The molecule has 3 N–H and O–H groups in total. The first-order valence-electron chi connectivity index (χ1n) is 9.07. The van der Waals surface area contributed by atoms with E-state index in [0.29, 0.717) is 11.4 Å². The van der Waals surface area contributed by atoms with E-state index in [1.165, 1.54) is 50.8 Å². The van der Waals surface area contributed by atoms with Crippen molar-refractivity contribution in [1.82, 2.24) is 9.71 Å². The second kappa shape index (κ2) is 9.33. The zero-order valence-electron chi connectivity index (χ0n) is 17.3. The minimum Gasteiger partial charge on any atom is -0.495 e. The van der Waals surface area contributed by atoms with E-state index in [-0.39, 0.29) is 16.2 Å². The number of nitrogens with one attached hydrogen (secondary N) is 3. The Bertz CT molecular complexity index is 1210. The van der Waals surface area contributed by atoms with E-state index < -0.39 is 15.9 Å². The fraction of sp³-hybridized carbons (Fsp3) is 0.200. The number of sulfonamides is 1. The highest BCUT2D eigenvalue weighted by atomic mass is 32.2. The first kappa shape index (κ1) is 22.5. The topological polar surface area (TPSA) is 119 Å². The normalized spacial score (nSPS) is 11.1. The Morgan fingerprint density at radius 1 is 1.03 bits per heavy atom. The molecule has 3 aromatic rings. The van der Waals surface area contributed by atoms with Crippen LogP contribution in [0.25, 0.3) is 11.3 Å². The molecule has 11 heteroatoms. The van der Waals surface area contributed by atoms with Crippen molar-refractivity contribution >= 4 is 38.1 Å². The molecule has 0 saturated heterocycles. The lowest BCUT2D eigenvalue weighted by atomic mass is 10.1. The average Bonchev–Trinajstić information content (AvgIpc) is 3.28. The highest BCUT2D eigenvalue weighted by Crippen LogP contribution is 2.33. The van der Waals surface area contributed by atoms with E-state index in [0.717, 1.165) is 16.4 Å². The summed E-state index contributed by atoms with van der Waals surface area (Å²) in [5.74, 6) is 0.0898. The van der Waals surface area contributed by atoms with Gasteiger partial charge in [0.2, 0.25) is 10.0 Å². The van der Waals surface area contributed by atoms with Crippen LogP contribution < -0.4 is 24.8 Å². The number of hydrogen-bond acceptors (Lipinski definition) is 8. The number of benzene rings is 2. The largest absolute Gasteiger partial charge is 0.495 e. The van der Waals surface area contributed by atoms with Crippen LogP contribution in [-0.2, 0) is 10.0 Å². The van der Waals surface area contributed by atoms with Crippen molar-refractivity contribution in [3.05, 3.63) is 47.3 Å². The molecule has 1 heterocycles. The molecule has 0 aliphatic heterocycles. The Morgan fingerprint density at radius 3 is 2.35 bits per heavy atom. The molecular weight excluding hydrogens is 440 g/mol. The second-order valence-electron chi connectivity index (χ2n) is 6.23. The summed E-state index contributed by atoms with van der Waals surface area (Å²) in [6.45, 7) is 0. The van der Waals surface area contributed by atoms with Gasteiger partial charge in [0.25, 0.3) is 5.91 Å². The number of carbonyl (C=O) groups excluding carboxylic acids is 1. The van der Waals surface area contributed by atoms with Gasteiger partial charge in [0, 0.05) is 23.6 Å². The molecule has 0 atom stereocenters. The first-order valence-corrected chi connectivity index (χ1v) is 11.4. The molecule has 2 aromatic carbocycles. The predicted molar refractivity (Wildman–Crippen MR) is 121 cm³/mol. The van der Waals surface area contributed by atoms with Crippen molar-refractivity contribution < 1.29 is 22.7 Å². The first-order chi connectivity index (χ1) is 14.8. The number of thiazole rings is 1. The Hall–Kier alpha value is -3.15. The lowest BCUT2D eigenvalue weighted by Gasteiger charge is -2.13. The van der Waals surface area contributed by atoms with E-state index in [1.54, 1.807) is 19.2 Å². The van der Waals surface area contributed by atoms with Crippen molar-refractivity contribution in [3.8, 4) is 22.8 Å². The molecule has 1 aromatic heterocycles. The van der Waals surface area contributed by atoms with Crippen LogP contribution in [0.3, 0.4) is 0 Å². The summed E-state index contributed by atoms with van der Waals surface area (Å²) < 4.78 is 37.3. The second-order valence-corrected chi connectivity index (χ2v) is 8.94. The van der Waals surface area contributed by atoms with Crippen molar-refractivity contribution in [2.45, 2.75) is 4.90 Å². The van der Waals surface area contributed by atoms with Crippen molar-refractivity contribution in [2.75, 3.05) is 38.9 Å². The van der Waals surface area contributed by atoms with Crippen molar-refractivity contribution in [3.63, 3.8) is 0 Å². The van der Waals surface area contributed by atoms with Gasteiger partial charge in [-0.05, 0) is 43.4 Å². The molecule has 31 heavy (non-hydrogen) atoms. The maximum Gasteiger partial charge on any atom is 0.255 e. The van der Waals surface area contributed by atoms with Crippen LogP contribution in [0.2, 0.25) is 0 Å². The summed E-state index contributed by atoms with van der Waals surface area (Å²) >= 11 is 1.46. The van der Waals surface area contributed by atoms with Crippen LogP contribution in [0, 0.1) is 0 Å². The Morgan fingerprint density at radius 2 is 1.74 bits per heavy atom. The number of hydrogen-bond donors (Lipinski definition) is 3. The fourth-order valence-corrected chi connectivity index (χ4v) is 4.42. The third-order valence-corrected chi connectivity index (χ3v) is 6.74. The lowest BCUT2D eigenvalue weighted by Crippen LogP contribution is -2.20. The molecule has 3 rings (SSSR count). The number of amides is 1. The molecule has 0 radical (unpaired) electrons. The standard InChI is InChI=1S/C20H22N4O5S2/c1-21-20-24-15(11-30-20)12-5-7-16(28-3)14(9-12)23-19(25)13-6-8-17(29-4)18(10-13)31(26,27)22-2/h5-11,22H,1-4H3,(H,21,24)(H,23,25). The van der Waals surface area contributed by atoms with Crippen LogP contribution >= 0.6 is 11.3 Å². The van der Waals surface area contributed by atoms with Gasteiger partial charge in [-0.25, -0.2) is 18.1 Å². The maximum absolute atomic E-state index is 12.9. The molecule has 0 unspecified atom stereocenters. The number of methoxy groups -OCH3 is 2. The molecule has 0 bridgehead atoms. The quantitative estimate of drug-likeness (QED) is 0.471. The van der Waals surface area contributed by atoms with Gasteiger partial charge in [-0.15, -0.1) is 11.3 Å². The monoisotopic (exact) mass is 462 g/mol. The van der Waals surface area contributed by atoms with Gasteiger partial charge in [-0.3, -0.25) is 4.79 Å². The number of nitrogens with zero attached hydrogens (tertiary/aromatic N) is 1. The SMILES string of the molecule is CNc1nc(-c2ccc(OC)c(NC(=O)c3ccc(OC)c(S(=O)(=O)NC)c3)c2)cs1. The average molecular weight is 463 g/mol. The third kappa shape index (κ3) is 4.79. The van der Waals surface area contributed by atoms with Gasteiger partial charge >= 0.3 is 0 Å². The predicted octanol–water partition coefficient (Wildman–Crippen LogP) is 3.03. The summed E-state index contributed by atoms with van der Waals surface area (Å²) in [5, 5.41) is 8.44. The molecule has 0 spiro atoms. The maximum atomic E-state index is 12.9. The minimum absolute atomic E-state index is 0.132. The van der Waals surface area contributed by atoms with E-state index >= 15 is 0 Å². The molecule has 1 amide bonds. The van der Waals surface area contributed by atoms with E-state index in [2.05, 4.69) is 20.3 Å². The third-order valence-electron chi connectivity index (χ3n) is 4.45. The lowest BCUT2D eigenvalue weighted by molar-refractivity contribution is 0.102. The summed E-state index contributed by atoms with van der Waals surface area (Å²) in [4.78, 5) is 17.2. The van der Waals surface area contributed by atoms with Gasteiger partial charge in [-0.1, -0.05) is 0 Å². The number of anilines is 2. The van der Waals surface area contributed by atoms with Gasteiger partial charge in [0.15, 0.2) is 5.13 Å². The molecule has 0 aliphatic carbocycles. The van der Waals surface area contributed by atoms with Crippen LogP contribution in [0.15, 0.2) is 46.7 Å². The molecular formula is C20H22N4O5S2. The van der Waals surface area contributed by atoms with Gasteiger partial charge in [0.05, 0.1) is 25.6 Å². The number of aromatic nitrogens is 1. The van der Waals surface area contributed by atoms with Crippen molar-refractivity contribution in [2.24, 2.45) is 0 Å². The van der Waals surface area contributed by atoms with Gasteiger partial charge < -0.3 is 20.1 Å². The molecule has 0 fully saturated rings. The van der Waals surface area contributed by atoms with Crippen LogP contribution in [-0.4, -0.2) is 47.6 Å². The fourth-order valence-electron chi connectivity index (χ4n) is 2.82. The van der Waals surface area contributed by atoms with Crippen LogP contribution in [0.5, 0.6) is 11.5 Å². The molecule has 0 saturated carbocycles. The van der Waals surface area contributed by atoms with Crippen LogP contribution in [0.1, 0.15) is 10.4 Å². The highest BCUT2D eigenvalue weighted by molar-refractivity contribution is 7.89. The molecule has 9 nitrogen and oxygen atoms in total. The zero-order valence-corrected chi connectivity index (χ0v) is 19.0. The van der Waals surface area contributed by atoms with E-state index in [9.17, 15) is 13.2 Å². The summed E-state index contributed by atoms with van der Waals surface area (Å²) in [7, 11) is 2.12. The highest BCUT2D eigenvalue weighted by Gasteiger charge is 2.21. The summed E-state index contributed by atoms with van der Waals surface area (Å²) in [6, 6.07) is 9.50. The number of carbonyl (C=O) groups is 1. The van der Waals surface area contributed by atoms with Gasteiger partial charge in [-0.2, -0.15) is 0 Å². The molecule has 164 valence electrons. The Labute approximate surface area is 184 Å². The van der Waals surface area contributed by atoms with Crippen LogP contribution in [0.4, 0.5) is 10.8 Å². The summed E-state index contributed by atoms with van der Waals surface area (Å²) in [5.41, 5.74) is 2.12. The number of rotatable bonds is 8. The number of ether oxygens (including phenoxy) is 2. The van der Waals surface area contributed by atoms with Gasteiger partial charge in [0.1, 0.15) is 16.4 Å². The Balaban J connectivity index is 1.96. The zero-order chi connectivity index (χ0) is 22.6.